The minimum absolute atomic E-state index is 0.159. The molecule has 2 N–H and O–H groups in total. The molecule has 1 saturated carbocycles. The summed E-state index contributed by atoms with van der Waals surface area (Å²) >= 11 is 3.42. The number of nitrogens with one attached hydrogen (secondary N) is 2. The minimum atomic E-state index is -0.887. The molecule has 0 radical (unpaired) electrons. The van der Waals surface area contributed by atoms with Gasteiger partial charge in [-0.25, -0.2) is 4.79 Å². The van der Waals surface area contributed by atoms with Gasteiger partial charge in [-0.15, -0.1) is 0 Å². The monoisotopic (exact) mass is 455 g/mol. The Hall–Kier alpha value is -2.67. The van der Waals surface area contributed by atoms with Gasteiger partial charge in [0.25, 0.3) is 5.91 Å². The molecule has 1 saturated heterocycles. The molecule has 2 aromatic rings. The molecule has 1 heterocycles. The van der Waals surface area contributed by atoms with E-state index in [4.69, 9.17) is 0 Å². The van der Waals surface area contributed by atoms with Gasteiger partial charge in [-0.3, -0.25) is 14.5 Å². The predicted octanol–water partition coefficient (Wildman–Crippen LogP) is 3.38. The fourth-order valence-corrected chi connectivity index (χ4v) is 4.07. The number of hydrogen-bond acceptors (Lipinski definition) is 3. The summed E-state index contributed by atoms with van der Waals surface area (Å²) in [6, 6.07) is 16.4. The molecular formula is C22H22BrN3O3. The van der Waals surface area contributed by atoms with Crippen LogP contribution < -0.4 is 10.6 Å². The van der Waals surface area contributed by atoms with Crippen molar-refractivity contribution in [2.45, 2.75) is 31.3 Å². The zero-order chi connectivity index (χ0) is 20.6. The number of rotatable bonds is 6. The third-order valence-corrected chi connectivity index (χ3v) is 6.17. The molecule has 150 valence electrons. The number of halogens is 1. The number of imide groups is 1. The van der Waals surface area contributed by atoms with Gasteiger partial charge < -0.3 is 10.6 Å². The molecule has 0 aromatic heterocycles. The molecular weight excluding hydrogens is 434 g/mol. The number of hydrogen-bond donors (Lipinski definition) is 2. The largest absolute Gasteiger partial charge is 0.344 e. The molecule has 1 aliphatic heterocycles. The van der Waals surface area contributed by atoms with E-state index in [0.717, 1.165) is 33.3 Å². The van der Waals surface area contributed by atoms with E-state index in [9.17, 15) is 14.4 Å². The molecule has 0 spiro atoms. The van der Waals surface area contributed by atoms with Crippen LogP contribution in [0, 0.1) is 5.92 Å². The molecule has 2 aliphatic rings. The summed E-state index contributed by atoms with van der Waals surface area (Å²) in [6.07, 6.45) is 1.84. The van der Waals surface area contributed by atoms with Crippen molar-refractivity contribution in [2.24, 2.45) is 5.92 Å². The van der Waals surface area contributed by atoms with E-state index in [1.807, 2.05) is 54.6 Å². The molecule has 2 atom stereocenters. The van der Waals surface area contributed by atoms with Gasteiger partial charge in [0.15, 0.2) is 0 Å². The second-order valence-electron chi connectivity index (χ2n) is 7.76. The minimum Gasteiger partial charge on any atom is -0.344 e. The maximum Gasteiger partial charge on any atom is 0.325 e. The van der Waals surface area contributed by atoms with Crippen LogP contribution >= 0.6 is 15.9 Å². The highest BCUT2D eigenvalue weighted by atomic mass is 79.9. The standard InChI is InChI=1S/C22H22BrN3O3/c1-22(16-9-10-16)20(28)26(21(29)25-22)13-18(27)24-19(14-5-3-2-4-6-14)15-7-11-17(23)12-8-15/h2-8,11-12,16,19H,9-10,13H2,1H3,(H,24,27)(H,25,29). The van der Waals surface area contributed by atoms with Crippen molar-refractivity contribution in [3.8, 4) is 0 Å². The van der Waals surface area contributed by atoms with Crippen molar-refractivity contribution >= 4 is 33.8 Å². The summed E-state index contributed by atoms with van der Waals surface area (Å²) in [4.78, 5) is 39.0. The van der Waals surface area contributed by atoms with Crippen LogP contribution in [0.1, 0.15) is 36.9 Å². The first-order valence-electron chi connectivity index (χ1n) is 9.62. The Morgan fingerprint density at radius 1 is 1.14 bits per heavy atom. The Morgan fingerprint density at radius 2 is 1.76 bits per heavy atom. The van der Waals surface area contributed by atoms with Crippen molar-refractivity contribution in [1.29, 1.82) is 0 Å². The third-order valence-electron chi connectivity index (χ3n) is 5.64. The van der Waals surface area contributed by atoms with Crippen LogP contribution in [-0.4, -0.2) is 34.8 Å². The Kier molecular flexibility index (Phi) is 5.17. The maximum absolute atomic E-state index is 12.8. The normalized spacial score (nSPS) is 22.3. The van der Waals surface area contributed by atoms with E-state index in [2.05, 4.69) is 26.6 Å². The summed E-state index contributed by atoms with van der Waals surface area (Å²) in [5.74, 6) is -0.544. The van der Waals surface area contributed by atoms with E-state index in [1.54, 1.807) is 6.92 Å². The van der Waals surface area contributed by atoms with Gasteiger partial charge in [-0.05, 0) is 48.9 Å². The highest BCUT2D eigenvalue weighted by Crippen LogP contribution is 2.42. The fourth-order valence-electron chi connectivity index (χ4n) is 3.81. The molecule has 4 rings (SSSR count). The van der Waals surface area contributed by atoms with Crippen molar-refractivity contribution < 1.29 is 14.4 Å². The first-order chi connectivity index (χ1) is 13.9. The summed E-state index contributed by atoms with van der Waals surface area (Å²) in [5.41, 5.74) is 0.943. The lowest BCUT2D eigenvalue weighted by Gasteiger charge is -2.23. The van der Waals surface area contributed by atoms with E-state index >= 15 is 0 Å². The number of urea groups is 1. The van der Waals surface area contributed by atoms with Gasteiger partial charge >= 0.3 is 6.03 Å². The molecule has 2 unspecified atom stereocenters. The van der Waals surface area contributed by atoms with Crippen molar-refractivity contribution in [1.82, 2.24) is 15.5 Å². The van der Waals surface area contributed by atoms with Crippen LogP contribution in [-0.2, 0) is 9.59 Å². The zero-order valence-electron chi connectivity index (χ0n) is 16.0. The van der Waals surface area contributed by atoms with Crippen LogP contribution in [0.15, 0.2) is 59.1 Å². The molecule has 29 heavy (non-hydrogen) atoms. The lowest BCUT2D eigenvalue weighted by molar-refractivity contribution is -0.135. The average molecular weight is 456 g/mol. The highest BCUT2D eigenvalue weighted by molar-refractivity contribution is 9.10. The van der Waals surface area contributed by atoms with Crippen LogP contribution in [0.4, 0.5) is 4.79 Å². The first-order valence-corrected chi connectivity index (χ1v) is 10.4. The first kappa shape index (κ1) is 19.6. The lowest BCUT2D eigenvalue weighted by atomic mass is 9.96. The number of carbonyl (C=O) groups excluding carboxylic acids is 3. The Morgan fingerprint density at radius 3 is 2.38 bits per heavy atom. The van der Waals surface area contributed by atoms with Gasteiger partial charge in [-0.1, -0.05) is 58.4 Å². The van der Waals surface area contributed by atoms with Crippen molar-refractivity contribution in [3.63, 3.8) is 0 Å². The fraction of sp³-hybridized carbons (Fsp3) is 0.318. The van der Waals surface area contributed by atoms with E-state index in [-0.39, 0.29) is 30.3 Å². The zero-order valence-corrected chi connectivity index (χ0v) is 17.6. The average Bonchev–Trinajstić information content (AvgIpc) is 3.54. The van der Waals surface area contributed by atoms with E-state index < -0.39 is 11.6 Å². The molecule has 6 nitrogen and oxygen atoms in total. The SMILES string of the molecule is CC1(C2CC2)NC(=O)N(CC(=O)NC(c2ccccc2)c2ccc(Br)cc2)C1=O. The van der Waals surface area contributed by atoms with Gasteiger partial charge in [0.05, 0.1) is 6.04 Å². The third kappa shape index (κ3) is 3.92. The Labute approximate surface area is 177 Å². The summed E-state index contributed by atoms with van der Waals surface area (Å²) in [7, 11) is 0. The summed E-state index contributed by atoms with van der Waals surface area (Å²) < 4.78 is 0.943. The number of benzene rings is 2. The second-order valence-corrected chi connectivity index (χ2v) is 8.68. The van der Waals surface area contributed by atoms with Crippen LogP contribution in [0.2, 0.25) is 0 Å². The smallest absolute Gasteiger partial charge is 0.325 e. The molecule has 4 amide bonds. The molecule has 0 bridgehead atoms. The van der Waals surface area contributed by atoms with Crippen LogP contribution in [0.3, 0.4) is 0 Å². The lowest BCUT2D eigenvalue weighted by Crippen LogP contribution is -2.47. The van der Waals surface area contributed by atoms with Gasteiger partial charge in [0.1, 0.15) is 12.1 Å². The van der Waals surface area contributed by atoms with Gasteiger partial charge in [0.2, 0.25) is 5.91 Å². The summed E-state index contributed by atoms with van der Waals surface area (Å²) in [6.45, 7) is 1.45. The quantitative estimate of drug-likeness (QED) is 0.655. The topological polar surface area (TPSA) is 78.5 Å². The van der Waals surface area contributed by atoms with Crippen LogP contribution in [0.5, 0.6) is 0 Å². The number of amides is 4. The van der Waals surface area contributed by atoms with Crippen LogP contribution in [0.25, 0.3) is 0 Å². The van der Waals surface area contributed by atoms with Crippen molar-refractivity contribution in [3.05, 3.63) is 70.2 Å². The second kappa shape index (κ2) is 7.63. The molecule has 7 heteroatoms. The van der Waals surface area contributed by atoms with Crippen molar-refractivity contribution in [2.75, 3.05) is 6.54 Å². The van der Waals surface area contributed by atoms with Gasteiger partial charge in [-0.2, -0.15) is 0 Å². The molecule has 2 fully saturated rings. The summed E-state index contributed by atoms with van der Waals surface area (Å²) in [5, 5.41) is 5.75. The number of carbonyl (C=O) groups is 3. The number of nitrogens with zero attached hydrogens (tertiary/aromatic N) is 1. The van der Waals surface area contributed by atoms with E-state index in [1.165, 1.54) is 0 Å². The Bertz CT molecular complexity index is 944. The predicted molar refractivity (Wildman–Crippen MR) is 112 cm³/mol. The highest BCUT2D eigenvalue weighted by Gasteiger charge is 2.56. The molecule has 2 aromatic carbocycles. The molecule has 1 aliphatic carbocycles. The van der Waals surface area contributed by atoms with Gasteiger partial charge in [0, 0.05) is 4.47 Å². The Balaban J connectivity index is 1.52. The maximum atomic E-state index is 12.8. The van der Waals surface area contributed by atoms with E-state index in [0.29, 0.717) is 0 Å².